The van der Waals surface area contributed by atoms with Crippen LogP contribution in [0.5, 0.6) is 0 Å². The van der Waals surface area contributed by atoms with E-state index in [4.69, 9.17) is 21.1 Å². The van der Waals surface area contributed by atoms with Gasteiger partial charge in [0.25, 0.3) is 5.79 Å². The van der Waals surface area contributed by atoms with Crippen molar-refractivity contribution in [1.82, 2.24) is 0 Å². The molecule has 0 saturated carbocycles. The van der Waals surface area contributed by atoms with E-state index in [1.807, 2.05) is 0 Å². The third-order valence-corrected chi connectivity index (χ3v) is 6.23. The highest BCUT2D eigenvalue weighted by Crippen LogP contribution is 2.52. The molecule has 0 radical (unpaired) electrons. The molecule has 0 atom stereocenters. The molecular weight excluding hydrogens is 284 g/mol. The van der Waals surface area contributed by atoms with Gasteiger partial charge < -0.3 is 9.47 Å². The minimum absolute atomic E-state index is 0.249. The zero-order chi connectivity index (χ0) is 12.3. The van der Waals surface area contributed by atoms with Crippen LogP contribution in [0, 0.1) is 0 Å². The second kappa shape index (κ2) is 3.40. The normalized spacial score (nSPS) is 20.4. The summed E-state index contributed by atoms with van der Waals surface area (Å²) in [6.45, 7) is 0. The van der Waals surface area contributed by atoms with Crippen LogP contribution in [-0.4, -0.2) is 14.7 Å². The minimum Gasteiger partial charge on any atom is -0.453 e. The highest BCUT2D eigenvalue weighted by atomic mass is 35.5. The Morgan fingerprint density at radius 1 is 1.41 bits per heavy atom. The smallest absolute Gasteiger partial charge is 0.279 e. The van der Waals surface area contributed by atoms with Crippen molar-refractivity contribution in [2.24, 2.45) is 0 Å². The van der Waals surface area contributed by atoms with Crippen molar-refractivity contribution in [3.8, 4) is 0 Å². The number of ether oxygens (including phenoxy) is 2. The molecule has 0 N–H and O–H groups in total. The van der Waals surface area contributed by atoms with Gasteiger partial charge in [0.2, 0.25) is 0 Å². The molecule has 92 valence electrons. The van der Waals surface area contributed by atoms with E-state index in [1.54, 1.807) is 0 Å². The molecule has 1 aliphatic heterocycles. The predicted molar refractivity (Wildman–Crippen MR) is 63.7 cm³/mol. The first kappa shape index (κ1) is 11.4. The summed E-state index contributed by atoms with van der Waals surface area (Å²) in [5.41, 5.74) is 1.42. The van der Waals surface area contributed by atoms with Gasteiger partial charge >= 0.3 is 0 Å². The molecule has 0 amide bonds. The van der Waals surface area contributed by atoms with Gasteiger partial charge in [0, 0.05) is 12.7 Å². The van der Waals surface area contributed by atoms with Gasteiger partial charge in [-0.25, -0.2) is 8.42 Å². The zero-order valence-electron chi connectivity index (χ0n) is 8.90. The summed E-state index contributed by atoms with van der Waals surface area (Å²) < 4.78 is 35.2. The Morgan fingerprint density at radius 3 is 2.65 bits per heavy atom. The molecule has 0 fully saturated rings. The van der Waals surface area contributed by atoms with Gasteiger partial charge in [-0.15, -0.1) is 11.3 Å². The SMILES string of the molecule is CS(=O)(=O)c1sc(Cl)c2c1C1(CC2)OC=CO1. The maximum atomic E-state index is 11.8. The Bertz CT molecular complexity index is 606. The van der Waals surface area contributed by atoms with E-state index in [0.29, 0.717) is 22.7 Å². The fourth-order valence-electron chi connectivity index (χ4n) is 2.24. The Hall–Kier alpha value is -0.720. The Labute approximate surface area is 108 Å². The summed E-state index contributed by atoms with van der Waals surface area (Å²) in [5.74, 6) is -0.975. The van der Waals surface area contributed by atoms with Crippen LogP contribution in [0.3, 0.4) is 0 Å². The number of halogens is 1. The quantitative estimate of drug-likeness (QED) is 0.798. The molecule has 1 aromatic rings. The van der Waals surface area contributed by atoms with Crippen molar-refractivity contribution in [2.45, 2.75) is 22.8 Å². The molecule has 2 heterocycles. The molecule has 0 unspecified atom stereocenters. The number of thiophene rings is 1. The van der Waals surface area contributed by atoms with E-state index in [2.05, 4.69) is 0 Å². The van der Waals surface area contributed by atoms with Crippen molar-refractivity contribution in [2.75, 3.05) is 6.26 Å². The number of sulfone groups is 1. The molecule has 3 rings (SSSR count). The lowest BCUT2D eigenvalue weighted by Crippen LogP contribution is -2.24. The molecule has 0 aromatic carbocycles. The third kappa shape index (κ3) is 1.51. The fourth-order valence-corrected chi connectivity index (χ4v) is 5.17. The average molecular weight is 293 g/mol. The topological polar surface area (TPSA) is 52.6 Å². The second-order valence-electron chi connectivity index (χ2n) is 4.05. The largest absolute Gasteiger partial charge is 0.453 e. The molecule has 2 aliphatic rings. The molecular formula is C10H9ClO4S2. The number of hydrogen-bond acceptors (Lipinski definition) is 5. The third-order valence-electron chi connectivity index (χ3n) is 2.92. The van der Waals surface area contributed by atoms with Crippen molar-refractivity contribution < 1.29 is 17.9 Å². The van der Waals surface area contributed by atoms with E-state index in [-0.39, 0.29) is 4.21 Å². The first-order chi connectivity index (χ1) is 7.94. The molecule has 1 aliphatic carbocycles. The van der Waals surface area contributed by atoms with Gasteiger partial charge in [0.1, 0.15) is 16.7 Å². The second-order valence-corrected chi connectivity index (χ2v) is 7.88. The number of hydrogen-bond donors (Lipinski definition) is 0. The maximum Gasteiger partial charge on any atom is 0.279 e. The van der Waals surface area contributed by atoms with Crippen LogP contribution in [0.2, 0.25) is 4.34 Å². The molecule has 7 heteroatoms. The van der Waals surface area contributed by atoms with Crippen LogP contribution >= 0.6 is 22.9 Å². The molecule has 0 bridgehead atoms. The highest BCUT2D eigenvalue weighted by Gasteiger charge is 2.50. The lowest BCUT2D eigenvalue weighted by molar-refractivity contribution is -0.148. The van der Waals surface area contributed by atoms with Gasteiger partial charge in [-0.05, 0) is 12.0 Å². The monoisotopic (exact) mass is 292 g/mol. The van der Waals surface area contributed by atoms with Crippen LogP contribution in [0.15, 0.2) is 16.7 Å². The summed E-state index contributed by atoms with van der Waals surface area (Å²) in [5, 5.41) is 0. The number of fused-ring (bicyclic) bond motifs is 2. The van der Waals surface area contributed by atoms with Crippen molar-refractivity contribution >= 4 is 32.8 Å². The van der Waals surface area contributed by atoms with Gasteiger partial charge in [-0.3, -0.25) is 0 Å². The summed E-state index contributed by atoms with van der Waals surface area (Å²) in [4.78, 5) is 0. The minimum atomic E-state index is -3.32. The maximum absolute atomic E-state index is 11.8. The molecule has 17 heavy (non-hydrogen) atoms. The van der Waals surface area contributed by atoms with E-state index >= 15 is 0 Å². The van der Waals surface area contributed by atoms with Crippen molar-refractivity contribution in [3.05, 3.63) is 28.0 Å². The number of rotatable bonds is 1. The van der Waals surface area contributed by atoms with Crippen molar-refractivity contribution in [1.29, 1.82) is 0 Å². The summed E-state index contributed by atoms with van der Waals surface area (Å²) in [6.07, 6.45) is 5.30. The summed E-state index contributed by atoms with van der Waals surface area (Å²) in [7, 11) is -3.32. The average Bonchev–Trinajstić information content (AvgIpc) is 2.87. The van der Waals surface area contributed by atoms with Crippen LogP contribution in [0.1, 0.15) is 17.5 Å². The Kier molecular flexibility index (Phi) is 2.27. The predicted octanol–water partition coefficient (Wildman–Crippen LogP) is 2.42. The molecule has 4 nitrogen and oxygen atoms in total. The van der Waals surface area contributed by atoms with E-state index in [1.165, 1.54) is 18.8 Å². The standard InChI is InChI=1S/C10H9ClO4S2/c1-17(12,13)9-7-6(8(11)16-9)2-3-10(7)14-4-5-15-10/h4-5H,2-3H2,1H3. The lowest BCUT2D eigenvalue weighted by Gasteiger charge is -2.23. The van der Waals surface area contributed by atoms with Gasteiger partial charge in [0.05, 0.1) is 9.90 Å². The Balaban J connectivity index is 2.26. The van der Waals surface area contributed by atoms with Gasteiger partial charge in [-0.2, -0.15) is 0 Å². The van der Waals surface area contributed by atoms with Gasteiger partial charge in [-0.1, -0.05) is 11.6 Å². The van der Waals surface area contributed by atoms with Crippen LogP contribution in [0.25, 0.3) is 0 Å². The van der Waals surface area contributed by atoms with E-state index < -0.39 is 15.6 Å². The van der Waals surface area contributed by atoms with E-state index in [9.17, 15) is 8.42 Å². The van der Waals surface area contributed by atoms with Crippen LogP contribution in [0.4, 0.5) is 0 Å². The molecule has 0 saturated heterocycles. The molecule has 1 spiro atoms. The van der Waals surface area contributed by atoms with Crippen LogP contribution in [-0.2, 0) is 31.5 Å². The first-order valence-corrected chi connectivity index (χ1v) is 8.05. The lowest BCUT2D eigenvalue weighted by atomic mass is 10.2. The van der Waals surface area contributed by atoms with Gasteiger partial charge in [0.15, 0.2) is 9.84 Å². The van der Waals surface area contributed by atoms with Crippen molar-refractivity contribution in [3.63, 3.8) is 0 Å². The van der Waals surface area contributed by atoms with E-state index in [0.717, 1.165) is 16.9 Å². The fraction of sp³-hybridized carbons (Fsp3) is 0.400. The molecule has 1 aromatic heterocycles. The highest BCUT2D eigenvalue weighted by molar-refractivity contribution is 7.92. The van der Waals surface area contributed by atoms with Crippen LogP contribution < -0.4 is 0 Å². The zero-order valence-corrected chi connectivity index (χ0v) is 11.3. The summed E-state index contributed by atoms with van der Waals surface area (Å²) >= 11 is 7.15. The first-order valence-electron chi connectivity index (χ1n) is 4.96. The Morgan fingerprint density at radius 2 is 2.06 bits per heavy atom. The summed E-state index contributed by atoms with van der Waals surface area (Å²) in [6, 6.07) is 0.